The van der Waals surface area contributed by atoms with Crippen LogP contribution >= 0.6 is 0 Å². The lowest BCUT2D eigenvalue weighted by Crippen LogP contribution is -2.49. The Labute approximate surface area is 133 Å². The Morgan fingerprint density at radius 2 is 1.78 bits per heavy atom. The molecule has 5 nitrogen and oxygen atoms in total. The molecule has 0 aliphatic carbocycles. The average molecular weight is 315 g/mol. The Morgan fingerprint density at radius 3 is 2.43 bits per heavy atom. The van der Waals surface area contributed by atoms with Gasteiger partial charge in [0.2, 0.25) is 11.5 Å². The van der Waals surface area contributed by atoms with Gasteiger partial charge >= 0.3 is 0 Å². The summed E-state index contributed by atoms with van der Waals surface area (Å²) in [7, 11) is 0. The number of benzene rings is 1. The van der Waals surface area contributed by atoms with Gasteiger partial charge in [-0.15, -0.1) is 0 Å². The van der Waals surface area contributed by atoms with Gasteiger partial charge in [0.25, 0.3) is 0 Å². The maximum atomic E-state index is 12.9. The number of hydrogen-bond donors (Lipinski definition) is 1. The Bertz CT molecular complexity index is 734. The molecule has 1 aromatic carbocycles. The molecule has 2 heterocycles. The first kappa shape index (κ1) is 15.3. The third-order valence-electron chi connectivity index (χ3n) is 4.02. The molecule has 1 aliphatic rings. The van der Waals surface area contributed by atoms with Crippen molar-refractivity contribution in [3.63, 3.8) is 0 Å². The maximum absolute atomic E-state index is 12.9. The number of hydrogen-bond acceptors (Lipinski definition) is 3. The number of carbonyl (C=O) groups is 1. The van der Waals surface area contributed by atoms with E-state index in [0.717, 1.165) is 11.3 Å². The minimum absolute atomic E-state index is 0.0437. The van der Waals surface area contributed by atoms with Gasteiger partial charge in [-0.1, -0.05) is 12.1 Å². The van der Waals surface area contributed by atoms with E-state index in [1.807, 2.05) is 11.0 Å². The first-order valence-corrected chi connectivity index (χ1v) is 7.58. The smallest absolute Gasteiger partial charge is 0.249 e. The number of piperazine rings is 1. The lowest BCUT2D eigenvalue weighted by molar-refractivity contribution is -0.130. The van der Waals surface area contributed by atoms with E-state index < -0.39 is 0 Å². The van der Waals surface area contributed by atoms with Crippen LogP contribution in [0.15, 0.2) is 47.4 Å². The number of amides is 1. The standard InChI is InChI=1S/C17H18FN3O2/c18-14-3-1-13(2-4-14)11-17(23)21-9-7-20(8-10-21)15-5-6-19-16(22)12-15/h1-6,12H,7-11H2,(H,19,22). The molecule has 1 aromatic heterocycles. The minimum atomic E-state index is -0.298. The van der Waals surface area contributed by atoms with Crippen molar-refractivity contribution in [1.29, 1.82) is 0 Å². The average Bonchev–Trinajstić information content (AvgIpc) is 2.57. The van der Waals surface area contributed by atoms with Gasteiger partial charge in [0.15, 0.2) is 0 Å². The van der Waals surface area contributed by atoms with Gasteiger partial charge in [0.05, 0.1) is 6.42 Å². The maximum Gasteiger partial charge on any atom is 0.249 e. The molecule has 0 bridgehead atoms. The predicted molar refractivity (Wildman–Crippen MR) is 86.0 cm³/mol. The van der Waals surface area contributed by atoms with Gasteiger partial charge in [-0.25, -0.2) is 4.39 Å². The Balaban J connectivity index is 1.57. The Morgan fingerprint density at radius 1 is 1.09 bits per heavy atom. The quantitative estimate of drug-likeness (QED) is 0.931. The van der Waals surface area contributed by atoms with Crippen LogP contribution in [0.2, 0.25) is 0 Å². The summed E-state index contributed by atoms with van der Waals surface area (Å²) in [4.78, 5) is 30.2. The number of anilines is 1. The highest BCUT2D eigenvalue weighted by atomic mass is 19.1. The Kier molecular flexibility index (Phi) is 4.41. The second-order valence-corrected chi connectivity index (χ2v) is 5.58. The summed E-state index contributed by atoms with van der Waals surface area (Å²) in [6, 6.07) is 9.44. The van der Waals surface area contributed by atoms with Crippen LogP contribution in [-0.2, 0) is 11.2 Å². The molecule has 6 heteroatoms. The van der Waals surface area contributed by atoms with Crippen LogP contribution in [-0.4, -0.2) is 42.0 Å². The van der Waals surface area contributed by atoms with E-state index in [-0.39, 0.29) is 23.7 Å². The van der Waals surface area contributed by atoms with E-state index >= 15 is 0 Å². The van der Waals surface area contributed by atoms with Crippen molar-refractivity contribution in [3.05, 3.63) is 64.3 Å². The normalized spacial score (nSPS) is 14.8. The van der Waals surface area contributed by atoms with Gasteiger partial charge in [0.1, 0.15) is 5.82 Å². The largest absolute Gasteiger partial charge is 0.368 e. The number of aromatic nitrogens is 1. The van der Waals surface area contributed by atoms with Crippen LogP contribution in [0, 0.1) is 5.82 Å². The molecule has 1 fully saturated rings. The molecular formula is C17H18FN3O2. The van der Waals surface area contributed by atoms with Gasteiger partial charge in [-0.3, -0.25) is 9.59 Å². The van der Waals surface area contributed by atoms with Gasteiger partial charge in [-0.2, -0.15) is 0 Å². The third-order valence-corrected chi connectivity index (χ3v) is 4.02. The van der Waals surface area contributed by atoms with Crippen molar-refractivity contribution >= 4 is 11.6 Å². The molecule has 2 aromatic rings. The molecule has 1 amide bonds. The van der Waals surface area contributed by atoms with E-state index in [1.54, 1.807) is 24.4 Å². The SMILES string of the molecule is O=C(Cc1ccc(F)cc1)N1CCN(c2cc[nH]c(=O)c2)CC1. The molecule has 1 saturated heterocycles. The minimum Gasteiger partial charge on any atom is -0.368 e. The molecule has 1 aliphatic heterocycles. The van der Waals surface area contributed by atoms with E-state index in [1.165, 1.54) is 12.1 Å². The van der Waals surface area contributed by atoms with Gasteiger partial charge < -0.3 is 14.8 Å². The highest BCUT2D eigenvalue weighted by Crippen LogP contribution is 2.14. The van der Waals surface area contributed by atoms with Crippen LogP contribution in [0.25, 0.3) is 0 Å². The zero-order valence-corrected chi connectivity index (χ0v) is 12.7. The second-order valence-electron chi connectivity index (χ2n) is 5.58. The molecule has 0 spiro atoms. The number of pyridine rings is 1. The van der Waals surface area contributed by atoms with E-state index in [0.29, 0.717) is 26.2 Å². The van der Waals surface area contributed by atoms with Crippen molar-refractivity contribution in [1.82, 2.24) is 9.88 Å². The zero-order valence-electron chi connectivity index (χ0n) is 12.7. The number of halogens is 1. The summed E-state index contributed by atoms with van der Waals surface area (Å²) in [6.45, 7) is 2.62. The van der Waals surface area contributed by atoms with Crippen LogP contribution in [0.1, 0.15) is 5.56 Å². The van der Waals surface area contributed by atoms with Crippen LogP contribution in [0.3, 0.4) is 0 Å². The monoisotopic (exact) mass is 315 g/mol. The molecule has 0 atom stereocenters. The first-order chi connectivity index (χ1) is 11.1. The second kappa shape index (κ2) is 6.64. The Hall–Kier alpha value is -2.63. The number of carbonyl (C=O) groups excluding carboxylic acids is 1. The molecular weight excluding hydrogens is 297 g/mol. The van der Waals surface area contributed by atoms with Crippen LogP contribution < -0.4 is 10.5 Å². The van der Waals surface area contributed by atoms with Crippen molar-refractivity contribution in [2.45, 2.75) is 6.42 Å². The van der Waals surface area contributed by atoms with Crippen molar-refractivity contribution in [3.8, 4) is 0 Å². The summed E-state index contributed by atoms with van der Waals surface area (Å²) in [5.74, 6) is -0.255. The van der Waals surface area contributed by atoms with E-state index in [9.17, 15) is 14.0 Å². The van der Waals surface area contributed by atoms with Crippen molar-refractivity contribution in [2.75, 3.05) is 31.1 Å². The van der Waals surface area contributed by atoms with E-state index in [4.69, 9.17) is 0 Å². The van der Waals surface area contributed by atoms with Crippen molar-refractivity contribution < 1.29 is 9.18 Å². The number of rotatable bonds is 3. The summed E-state index contributed by atoms with van der Waals surface area (Å²) in [5.41, 5.74) is 1.56. The number of nitrogens with zero attached hydrogens (tertiary/aromatic N) is 2. The van der Waals surface area contributed by atoms with Gasteiger partial charge in [-0.05, 0) is 23.8 Å². The predicted octanol–water partition coefficient (Wildman–Crippen LogP) is 1.41. The molecule has 0 saturated carbocycles. The lowest BCUT2D eigenvalue weighted by atomic mass is 10.1. The molecule has 120 valence electrons. The fraction of sp³-hybridized carbons (Fsp3) is 0.294. The molecule has 0 radical (unpaired) electrons. The van der Waals surface area contributed by atoms with Crippen molar-refractivity contribution in [2.24, 2.45) is 0 Å². The van der Waals surface area contributed by atoms with Crippen LogP contribution in [0.5, 0.6) is 0 Å². The summed E-state index contributed by atoms with van der Waals surface area (Å²) >= 11 is 0. The molecule has 0 unspecified atom stereocenters. The molecule has 23 heavy (non-hydrogen) atoms. The first-order valence-electron chi connectivity index (χ1n) is 7.58. The number of H-pyrrole nitrogens is 1. The lowest BCUT2D eigenvalue weighted by Gasteiger charge is -2.36. The zero-order chi connectivity index (χ0) is 16.2. The summed E-state index contributed by atoms with van der Waals surface area (Å²) in [5, 5.41) is 0. The van der Waals surface area contributed by atoms with Crippen LogP contribution in [0.4, 0.5) is 10.1 Å². The number of nitrogens with one attached hydrogen (secondary N) is 1. The van der Waals surface area contributed by atoms with Gasteiger partial charge in [0, 0.05) is 44.1 Å². The highest BCUT2D eigenvalue weighted by molar-refractivity contribution is 5.79. The highest BCUT2D eigenvalue weighted by Gasteiger charge is 2.21. The summed E-state index contributed by atoms with van der Waals surface area (Å²) < 4.78 is 12.9. The fourth-order valence-electron chi connectivity index (χ4n) is 2.73. The topological polar surface area (TPSA) is 56.4 Å². The third kappa shape index (κ3) is 3.77. The molecule has 1 N–H and O–H groups in total. The molecule has 3 rings (SSSR count). The number of aromatic amines is 1. The summed E-state index contributed by atoms with van der Waals surface area (Å²) in [6.07, 6.45) is 1.91. The fourth-order valence-corrected chi connectivity index (χ4v) is 2.73. The van der Waals surface area contributed by atoms with E-state index in [2.05, 4.69) is 9.88 Å².